The number of ether oxygens (including phenoxy) is 1. The maximum absolute atomic E-state index is 5.66. The second-order valence-electron chi connectivity index (χ2n) is 3.71. The molecule has 1 N–H and O–H groups in total. The first-order valence-corrected chi connectivity index (χ1v) is 4.97. The average molecular weight is 183 g/mol. The number of amidine groups is 1. The minimum atomic E-state index is 0.241. The Morgan fingerprint density at radius 1 is 1.38 bits per heavy atom. The molecule has 74 valence electrons. The van der Waals surface area contributed by atoms with Gasteiger partial charge >= 0.3 is 0 Å². The molecule has 2 rings (SSSR count). The van der Waals surface area contributed by atoms with Crippen LogP contribution in [-0.4, -0.2) is 49.2 Å². The third-order valence-corrected chi connectivity index (χ3v) is 2.67. The van der Waals surface area contributed by atoms with Gasteiger partial charge < -0.3 is 15.0 Å². The molecule has 1 fully saturated rings. The highest BCUT2D eigenvalue weighted by atomic mass is 16.5. The van der Waals surface area contributed by atoms with Crippen molar-refractivity contribution in [3.63, 3.8) is 0 Å². The van der Waals surface area contributed by atoms with Crippen LogP contribution in [0, 0.1) is 0 Å². The van der Waals surface area contributed by atoms with Crippen molar-refractivity contribution >= 4 is 6.02 Å². The van der Waals surface area contributed by atoms with E-state index in [1.54, 1.807) is 0 Å². The number of nitrogens with zero attached hydrogens (tertiary/aromatic N) is 2. The van der Waals surface area contributed by atoms with Gasteiger partial charge in [0.25, 0.3) is 6.02 Å². The van der Waals surface area contributed by atoms with Gasteiger partial charge in [0.15, 0.2) is 0 Å². The molecule has 4 heteroatoms. The molecule has 0 spiro atoms. The van der Waals surface area contributed by atoms with Gasteiger partial charge in [0, 0.05) is 26.2 Å². The van der Waals surface area contributed by atoms with E-state index in [4.69, 9.17) is 4.74 Å². The molecule has 2 heterocycles. The summed E-state index contributed by atoms with van der Waals surface area (Å²) < 4.78 is 5.66. The van der Waals surface area contributed by atoms with E-state index in [9.17, 15) is 0 Å². The quantitative estimate of drug-likeness (QED) is 0.577. The van der Waals surface area contributed by atoms with Crippen molar-refractivity contribution in [2.75, 3.05) is 26.2 Å². The maximum atomic E-state index is 5.66. The zero-order valence-corrected chi connectivity index (χ0v) is 8.29. The maximum Gasteiger partial charge on any atom is 0.288 e. The molecule has 13 heavy (non-hydrogen) atoms. The summed E-state index contributed by atoms with van der Waals surface area (Å²) in [7, 11) is 0. The van der Waals surface area contributed by atoms with Crippen molar-refractivity contribution in [1.29, 1.82) is 0 Å². The third kappa shape index (κ3) is 1.77. The van der Waals surface area contributed by atoms with Crippen LogP contribution in [0.3, 0.4) is 0 Å². The SMILES string of the molecule is C[C@H]1N=C(N2CCNCC2)O[C@@H]1C. The molecule has 0 aromatic rings. The molecule has 0 aliphatic carbocycles. The lowest BCUT2D eigenvalue weighted by Gasteiger charge is -2.28. The van der Waals surface area contributed by atoms with Crippen LogP contribution in [-0.2, 0) is 4.74 Å². The predicted molar refractivity (Wildman–Crippen MR) is 51.9 cm³/mol. The van der Waals surface area contributed by atoms with E-state index in [1.807, 2.05) is 0 Å². The number of piperazine rings is 1. The lowest BCUT2D eigenvalue weighted by atomic mass is 10.2. The molecule has 2 aliphatic heterocycles. The van der Waals surface area contributed by atoms with Crippen LogP contribution in [0.1, 0.15) is 13.8 Å². The van der Waals surface area contributed by atoms with E-state index in [0.717, 1.165) is 32.2 Å². The first kappa shape index (κ1) is 8.81. The second-order valence-corrected chi connectivity index (χ2v) is 3.71. The van der Waals surface area contributed by atoms with Crippen LogP contribution >= 0.6 is 0 Å². The van der Waals surface area contributed by atoms with Gasteiger partial charge in [-0.05, 0) is 13.8 Å². The summed E-state index contributed by atoms with van der Waals surface area (Å²) in [5, 5.41) is 3.31. The molecular weight excluding hydrogens is 166 g/mol. The molecule has 4 nitrogen and oxygen atoms in total. The summed E-state index contributed by atoms with van der Waals surface area (Å²) in [6.07, 6.45) is 0.241. The largest absolute Gasteiger partial charge is 0.460 e. The fourth-order valence-electron chi connectivity index (χ4n) is 1.59. The monoisotopic (exact) mass is 183 g/mol. The standard InChI is InChI=1S/C9H17N3O/c1-7-8(2)13-9(11-7)12-5-3-10-4-6-12/h7-8,10H,3-6H2,1-2H3/t7-,8-/m1/s1. The number of rotatable bonds is 0. The third-order valence-electron chi connectivity index (χ3n) is 2.67. The van der Waals surface area contributed by atoms with Crippen molar-refractivity contribution in [3.05, 3.63) is 0 Å². The van der Waals surface area contributed by atoms with Crippen LogP contribution in [0.4, 0.5) is 0 Å². The molecular formula is C9H17N3O. The zero-order valence-electron chi connectivity index (χ0n) is 8.29. The summed E-state index contributed by atoms with van der Waals surface area (Å²) >= 11 is 0. The molecule has 0 aromatic carbocycles. The average Bonchev–Trinajstić information content (AvgIpc) is 2.49. The second kappa shape index (κ2) is 3.54. The van der Waals surface area contributed by atoms with Crippen LogP contribution in [0.15, 0.2) is 4.99 Å². The summed E-state index contributed by atoms with van der Waals surface area (Å²) in [4.78, 5) is 6.70. The molecule has 0 aromatic heterocycles. The lowest BCUT2D eigenvalue weighted by Crippen LogP contribution is -2.46. The van der Waals surface area contributed by atoms with E-state index < -0.39 is 0 Å². The molecule has 0 radical (unpaired) electrons. The number of hydrogen-bond donors (Lipinski definition) is 1. The molecule has 0 bridgehead atoms. The minimum Gasteiger partial charge on any atom is -0.460 e. The van der Waals surface area contributed by atoms with E-state index in [0.29, 0.717) is 6.04 Å². The van der Waals surface area contributed by atoms with Crippen molar-refractivity contribution in [2.45, 2.75) is 26.0 Å². The molecule has 2 aliphatic rings. The predicted octanol–water partition coefficient (Wildman–Crippen LogP) is 0.0548. The Labute approximate surface area is 79.0 Å². The fourth-order valence-corrected chi connectivity index (χ4v) is 1.59. The molecule has 2 atom stereocenters. The lowest BCUT2D eigenvalue weighted by molar-refractivity contribution is 0.174. The van der Waals surface area contributed by atoms with Gasteiger partial charge in [0.2, 0.25) is 0 Å². The number of nitrogens with one attached hydrogen (secondary N) is 1. The van der Waals surface area contributed by atoms with Crippen LogP contribution in [0.25, 0.3) is 0 Å². The van der Waals surface area contributed by atoms with Gasteiger partial charge in [-0.15, -0.1) is 0 Å². The first-order valence-electron chi connectivity index (χ1n) is 4.97. The van der Waals surface area contributed by atoms with Crippen molar-refractivity contribution < 1.29 is 4.74 Å². The highest BCUT2D eigenvalue weighted by Gasteiger charge is 2.27. The summed E-state index contributed by atoms with van der Waals surface area (Å²) in [5.74, 6) is 0. The van der Waals surface area contributed by atoms with Crippen molar-refractivity contribution in [1.82, 2.24) is 10.2 Å². The Bertz CT molecular complexity index is 211. The Balaban J connectivity index is 1.97. The van der Waals surface area contributed by atoms with Gasteiger partial charge in [-0.2, -0.15) is 0 Å². The molecule has 0 unspecified atom stereocenters. The van der Waals surface area contributed by atoms with E-state index in [-0.39, 0.29) is 6.10 Å². The Morgan fingerprint density at radius 3 is 2.62 bits per heavy atom. The summed E-state index contributed by atoms with van der Waals surface area (Å²) in [6.45, 7) is 8.26. The highest BCUT2D eigenvalue weighted by Crippen LogP contribution is 2.14. The Morgan fingerprint density at radius 2 is 2.08 bits per heavy atom. The summed E-state index contributed by atoms with van der Waals surface area (Å²) in [5.41, 5.74) is 0. The van der Waals surface area contributed by atoms with Crippen molar-refractivity contribution in [3.8, 4) is 0 Å². The fraction of sp³-hybridized carbons (Fsp3) is 0.889. The number of hydrogen-bond acceptors (Lipinski definition) is 4. The summed E-state index contributed by atoms with van der Waals surface area (Å²) in [6, 6.07) is 1.16. The first-order chi connectivity index (χ1) is 6.27. The Kier molecular flexibility index (Phi) is 2.40. The van der Waals surface area contributed by atoms with Crippen LogP contribution in [0.2, 0.25) is 0 Å². The van der Waals surface area contributed by atoms with Crippen LogP contribution < -0.4 is 5.32 Å². The number of aliphatic imine (C=N–C) groups is 1. The minimum absolute atomic E-state index is 0.241. The van der Waals surface area contributed by atoms with E-state index >= 15 is 0 Å². The van der Waals surface area contributed by atoms with Gasteiger partial charge in [-0.25, -0.2) is 4.99 Å². The van der Waals surface area contributed by atoms with Gasteiger partial charge in [0.05, 0.1) is 6.04 Å². The van der Waals surface area contributed by atoms with Crippen molar-refractivity contribution in [2.24, 2.45) is 4.99 Å². The van der Waals surface area contributed by atoms with E-state index in [1.165, 1.54) is 0 Å². The molecule has 0 saturated carbocycles. The van der Waals surface area contributed by atoms with E-state index in [2.05, 4.69) is 29.1 Å². The topological polar surface area (TPSA) is 36.9 Å². The molecule has 0 amide bonds. The van der Waals surface area contributed by atoms with Gasteiger partial charge in [-0.3, -0.25) is 0 Å². The van der Waals surface area contributed by atoms with Gasteiger partial charge in [0.1, 0.15) is 6.10 Å². The highest BCUT2D eigenvalue weighted by molar-refractivity contribution is 5.76. The normalized spacial score (nSPS) is 34.3. The zero-order chi connectivity index (χ0) is 9.26. The molecule has 1 saturated heterocycles. The van der Waals surface area contributed by atoms with Crippen LogP contribution in [0.5, 0.6) is 0 Å². The Hall–Kier alpha value is -0.770. The van der Waals surface area contributed by atoms with Gasteiger partial charge in [-0.1, -0.05) is 0 Å². The smallest absolute Gasteiger partial charge is 0.288 e.